The standard InChI is InChI=1S/C14H22N2O2/c1-2-3-5-12-6-8-13(9-7-12)16-14(18)15-10-4-11-17/h6-9,17H,2-5,10-11H2,1H3,(H2,15,16,18). The van der Waals surface area contributed by atoms with Gasteiger partial charge in [0.05, 0.1) is 0 Å². The molecule has 1 aromatic rings. The van der Waals surface area contributed by atoms with Gasteiger partial charge in [-0.15, -0.1) is 0 Å². The molecule has 1 aromatic carbocycles. The van der Waals surface area contributed by atoms with E-state index in [9.17, 15) is 4.79 Å². The number of aliphatic hydroxyl groups excluding tert-OH is 1. The summed E-state index contributed by atoms with van der Waals surface area (Å²) in [6.45, 7) is 2.75. The van der Waals surface area contributed by atoms with Gasteiger partial charge in [0.2, 0.25) is 0 Å². The predicted molar refractivity (Wildman–Crippen MR) is 73.8 cm³/mol. The molecule has 0 aliphatic heterocycles. The van der Waals surface area contributed by atoms with Crippen LogP contribution in [0.15, 0.2) is 24.3 Å². The molecule has 0 saturated heterocycles. The van der Waals surface area contributed by atoms with Crippen molar-refractivity contribution in [3.63, 3.8) is 0 Å². The van der Waals surface area contributed by atoms with E-state index in [1.165, 1.54) is 18.4 Å². The molecule has 100 valence electrons. The van der Waals surface area contributed by atoms with E-state index in [1.807, 2.05) is 24.3 Å². The highest BCUT2D eigenvalue weighted by molar-refractivity contribution is 5.89. The lowest BCUT2D eigenvalue weighted by Gasteiger charge is -2.07. The Morgan fingerprint density at radius 3 is 2.56 bits per heavy atom. The zero-order valence-electron chi connectivity index (χ0n) is 10.9. The van der Waals surface area contributed by atoms with Gasteiger partial charge in [-0.2, -0.15) is 0 Å². The van der Waals surface area contributed by atoms with E-state index in [0.29, 0.717) is 13.0 Å². The first-order valence-corrected chi connectivity index (χ1v) is 6.51. The van der Waals surface area contributed by atoms with E-state index in [0.717, 1.165) is 12.1 Å². The number of urea groups is 1. The Morgan fingerprint density at radius 1 is 1.22 bits per heavy atom. The SMILES string of the molecule is CCCCc1ccc(NC(=O)NCCCO)cc1. The van der Waals surface area contributed by atoms with Crippen LogP contribution in [0.1, 0.15) is 31.7 Å². The van der Waals surface area contributed by atoms with Crippen molar-refractivity contribution in [2.24, 2.45) is 0 Å². The van der Waals surface area contributed by atoms with Crippen LogP contribution in [-0.2, 0) is 6.42 Å². The second kappa shape index (κ2) is 8.53. The van der Waals surface area contributed by atoms with Gasteiger partial charge in [-0.3, -0.25) is 0 Å². The lowest BCUT2D eigenvalue weighted by atomic mass is 10.1. The third kappa shape index (κ3) is 5.68. The van der Waals surface area contributed by atoms with Gasteiger partial charge < -0.3 is 15.7 Å². The molecule has 0 radical (unpaired) electrons. The summed E-state index contributed by atoms with van der Waals surface area (Å²) in [5.74, 6) is 0. The molecule has 0 heterocycles. The number of hydrogen-bond acceptors (Lipinski definition) is 2. The lowest BCUT2D eigenvalue weighted by molar-refractivity contribution is 0.249. The van der Waals surface area contributed by atoms with Gasteiger partial charge in [0.15, 0.2) is 0 Å². The van der Waals surface area contributed by atoms with Crippen molar-refractivity contribution in [1.82, 2.24) is 5.32 Å². The number of aryl methyl sites for hydroxylation is 1. The molecule has 0 aromatic heterocycles. The van der Waals surface area contributed by atoms with Crippen molar-refractivity contribution in [2.45, 2.75) is 32.6 Å². The highest BCUT2D eigenvalue weighted by atomic mass is 16.3. The van der Waals surface area contributed by atoms with Gasteiger partial charge in [-0.1, -0.05) is 25.5 Å². The number of unbranched alkanes of at least 4 members (excludes halogenated alkanes) is 1. The van der Waals surface area contributed by atoms with Gasteiger partial charge in [0, 0.05) is 18.8 Å². The number of hydrogen-bond donors (Lipinski definition) is 3. The van der Waals surface area contributed by atoms with E-state index < -0.39 is 0 Å². The number of amides is 2. The molecular weight excluding hydrogens is 228 g/mol. The van der Waals surface area contributed by atoms with Crippen molar-refractivity contribution in [1.29, 1.82) is 0 Å². The van der Waals surface area contributed by atoms with Crippen LogP contribution >= 0.6 is 0 Å². The molecule has 4 nitrogen and oxygen atoms in total. The normalized spacial score (nSPS) is 10.1. The van der Waals surface area contributed by atoms with Crippen molar-refractivity contribution in [3.8, 4) is 0 Å². The molecule has 0 aliphatic carbocycles. The average Bonchev–Trinajstić information content (AvgIpc) is 2.38. The number of nitrogens with one attached hydrogen (secondary N) is 2. The first-order valence-electron chi connectivity index (χ1n) is 6.51. The highest BCUT2D eigenvalue weighted by Gasteiger charge is 2.00. The Balaban J connectivity index is 2.35. The van der Waals surface area contributed by atoms with Crippen molar-refractivity contribution < 1.29 is 9.90 Å². The molecule has 0 saturated carbocycles. The summed E-state index contributed by atoms with van der Waals surface area (Å²) in [6.07, 6.45) is 4.03. The zero-order chi connectivity index (χ0) is 13.2. The fourth-order valence-electron chi connectivity index (χ4n) is 1.59. The van der Waals surface area contributed by atoms with Crippen molar-refractivity contribution in [3.05, 3.63) is 29.8 Å². The minimum atomic E-state index is -0.232. The van der Waals surface area contributed by atoms with E-state index in [4.69, 9.17) is 5.11 Å². The summed E-state index contributed by atoms with van der Waals surface area (Å²) >= 11 is 0. The van der Waals surface area contributed by atoms with E-state index in [-0.39, 0.29) is 12.6 Å². The summed E-state index contributed by atoms with van der Waals surface area (Å²) in [4.78, 5) is 11.4. The fraction of sp³-hybridized carbons (Fsp3) is 0.500. The number of carbonyl (C=O) groups is 1. The molecule has 18 heavy (non-hydrogen) atoms. The smallest absolute Gasteiger partial charge is 0.319 e. The maximum Gasteiger partial charge on any atom is 0.319 e. The molecule has 3 N–H and O–H groups in total. The molecular formula is C14H22N2O2. The second-order valence-corrected chi connectivity index (χ2v) is 4.26. The van der Waals surface area contributed by atoms with Crippen LogP contribution in [-0.4, -0.2) is 24.3 Å². The quantitative estimate of drug-likeness (QED) is 0.651. The first-order chi connectivity index (χ1) is 8.76. The molecule has 0 atom stereocenters. The molecule has 0 spiro atoms. The topological polar surface area (TPSA) is 61.4 Å². The Hall–Kier alpha value is -1.55. The van der Waals surface area contributed by atoms with Crippen LogP contribution in [0.2, 0.25) is 0 Å². The molecule has 1 rings (SSSR count). The Labute approximate surface area is 108 Å². The number of anilines is 1. The molecule has 0 bridgehead atoms. The summed E-state index contributed by atoms with van der Waals surface area (Å²) in [5, 5.41) is 14.0. The number of benzene rings is 1. The number of aliphatic hydroxyl groups is 1. The molecule has 0 fully saturated rings. The van der Waals surface area contributed by atoms with E-state index in [2.05, 4.69) is 17.6 Å². The largest absolute Gasteiger partial charge is 0.396 e. The lowest BCUT2D eigenvalue weighted by Crippen LogP contribution is -2.29. The van der Waals surface area contributed by atoms with Gasteiger partial charge in [0.1, 0.15) is 0 Å². The minimum Gasteiger partial charge on any atom is -0.396 e. The third-order valence-corrected chi connectivity index (χ3v) is 2.65. The summed E-state index contributed by atoms with van der Waals surface area (Å²) in [7, 11) is 0. The van der Waals surface area contributed by atoms with Gasteiger partial charge in [-0.25, -0.2) is 4.79 Å². The van der Waals surface area contributed by atoms with Crippen molar-refractivity contribution in [2.75, 3.05) is 18.5 Å². The average molecular weight is 250 g/mol. The first kappa shape index (κ1) is 14.5. The number of rotatable bonds is 7. The second-order valence-electron chi connectivity index (χ2n) is 4.26. The Morgan fingerprint density at radius 2 is 1.94 bits per heavy atom. The predicted octanol–water partition coefficient (Wildman–Crippen LogP) is 2.53. The van der Waals surface area contributed by atoms with Crippen LogP contribution in [0.4, 0.5) is 10.5 Å². The maximum atomic E-state index is 11.4. The van der Waals surface area contributed by atoms with Crippen LogP contribution in [0, 0.1) is 0 Å². The minimum absolute atomic E-state index is 0.0897. The summed E-state index contributed by atoms with van der Waals surface area (Å²) in [5.41, 5.74) is 2.08. The maximum absolute atomic E-state index is 11.4. The van der Waals surface area contributed by atoms with E-state index >= 15 is 0 Å². The van der Waals surface area contributed by atoms with Crippen LogP contribution < -0.4 is 10.6 Å². The Kier molecular flexibility index (Phi) is 6.87. The van der Waals surface area contributed by atoms with Gasteiger partial charge in [-0.05, 0) is 37.0 Å². The van der Waals surface area contributed by atoms with Gasteiger partial charge >= 0.3 is 6.03 Å². The monoisotopic (exact) mass is 250 g/mol. The summed E-state index contributed by atoms with van der Waals surface area (Å²) in [6, 6.07) is 7.68. The highest BCUT2D eigenvalue weighted by Crippen LogP contribution is 2.11. The number of carbonyl (C=O) groups excluding carboxylic acids is 1. The summed E-state index contributed by atoms with van der Waals surface area (Å²) < 4.78 is 0. The van der Waals surface area contributed by atoms with Gasteiger partial charge in [0.25, 0.3) is 0 Å². The molecule has 4 heteroatoms. The molecule has 0 aliphatic rings. The molecule has 2 amide bonds. The Bertz CT molecular complexity index is 349. The van der Waals surface area contributed by atoms with Crippen LogP contribution in [0.5, 0.6) is 0 Å². The third-order valence-electron chi connectivity index (χ3n) is 2.65. The zero-order valence-corrected chi connectivity index (χ0v) is 10.9. The van der Waals surface area contributed by atoms with E-state index in [1.54, 1.807) is 0 Å². The van der Waals surface area contributed by atoms with Crippen LogP contribution in [0.3, 0.4) is 0 Å². The van der Waals surface area contributed by atoms with Crippen LogP contribution in [0.25, 0.3) is 0 Å². The fourth-order valence-corrected chi connectivity index (χ4v) is 1.59. The molecule has 0 unspecified atom stereocenters. The van der Waals surface area contributed by atoms with Crippen molar-refractivity contribution >= 4 is 11.7 Å².